The maximum absolute atomic E-state index is 10.7. The third-order valence-corrected chi connectivity index (χ3v) is 9.08. The van der Waals surface area contributed by atoms with Gasteiger partial charge in [-0.3, -0.25) is 0 Å². The van der Waals surface area contributed by atoms with Crippen LogP contribution in [0.3, 0.4) is 0 Å². The quantitative estimate of drug-likeness (QED) is 0.442. The van der Waals surface area contributed by atoms with Crippen molar-refractivity contribution >= 4 is 8.32 Å². The SMILES string of the molecule is CCCCCCCC[Si](O)(C(C)C)C(C)C. The highest BCUT2D eigenvalue weighted by molar-refractivity contribution is 6.75. The van der Waals surface area contributed by atoms with Crippen molar-refractivity contribution in [3.63, 3.8) is 0 Å². The molecule has 98 valence electrons. The molecule has 16 heavy (non-hydrogen) atoms. The zero-order valence-corrected chi connectivity index (χ0v) is 13.1. The maximum atomic E-state index is 10.7. The summed E-state index contributed by atoms with van der Waals surface area (Å²) >= 11 is 0. The normalized spacial score (nSPS) is 12.8. The molecule has 0 aromatic rings. The molecule has 0 aliphatic carbocycles. The number of hydrogen-bond donors (Lipinski definition) is 1. The van der Waals surface area contributed by atoms with Gasteiger partial charge in [-0.15, -0.1) is 0 Å². The van der Waals surface area contributed by atoms with E-state index in [2.05, 4.69) is 34.6 Å². The van der Waals surface area contributed by atoms with Crippen LogP contribution >= 0.6 is 0 Å². The molecule has 0 saturated carbocycles. The van der Waals surface area contributed by atoms with E-state index in [1.54, 1.807) is 0 Å². The van der Waals surface area contributed by atoms with Crippen molar-refractivity contribution in [3.05, 3.63) is 0 Å². The van der Waals surface area contributed by atoms with E-state index in [0.717, 1.165) is 6.04 Å². The molecule has 1 N–H and O–H groups in total. The fourth-order valence-corrected chi connectivity index (χ4v) is 5.74. The van der Waals surface area contributed by atoms with Crippen molar-refractivity contribution in [1.29, 1.82) is 0 Å². The molecule has 0 aromatic carbocycles. The average Bonchev–Trinajstić information content (AvgIpc) is 2.22. The van der Waals surface area contributed by atoms with Crippen molar-refractivity contribution in [2.45, 2.75) is 90.3 Å². The van der Waals surface area contributed by atoms with E-state index in [-0.39, 0.29) is 0 Å². The Bertz CT molecular complexity index is 158. The summed E-state index contributed by atoms with van der Waals surface area (Å²) in [5, 5.41) is 0. The molecule has 0 heterocycles. The first-order valence-corrected chi connectivity index (χ1v) is 9.48. The number of hydrogen-bond acceptors (Lipinski definition) is 1. The second-order valence-electron chi connectivity index (χ2n) is 5.82. The standard InChI is InChI=1S/C14H32OSi/c1-6-7-8-9-10-11-12-16(15,13(2)3)14(4)5/h13-15H,6-12H2,1-5H3. The fraction of sp³-hybridized carbons (Fsp3) is 1.00. The van der Waals surface area contributed by atoms with Crippen molar-refractivity contribution < 1.29 is 4.80 Å². The zero-order chi connectivity index (χ0) is 12.6. The summed E-state index contributed by atoms with van der Waals surface area (Å²) in [6.07, 6.45) is 7.97. The highest BCUT2D eigenvalue weighted by Gasteiger charge is 2.37. The predicted molar refractivity (Wildman–Crippen MR) is 76.4 cm³/mol. The van der Waals surface area contributed by atoms with E-state index in [4.69, 9.17) is 0 Å². The van der Waals surface area contributed by atoms with Gasteiger partial charge in [0.15, 0.2) is 8.32 Å². The summed E-state index contributed by atoms with van der Waals surface area (Å²) in [5.74, 6) is 0. The van der Waals surface area contributed by atoms with E-state index < -0.39 is 8.32 Å². The molecule has 0 aliphatic rings. The third-order valence-electron chi connectivity index (χ3n) is 3.93. The van der Waals surface area contributed by atoms with E-state index in [9.17, 15) is 4.80 Å². The Hall–Kier alpha value is 0.177. The summed E-state index contributed by atoms with van der Waals surface area (Å²) in [4.78, 5) is 10.7. The third kappa shape index (κ3) is 5.49. The van der Waals surface area contributed by atoms with Gasteiger partial charge in [0.05, 0.1) is 0 Å². The van der Waals surface area contributed by atoms with Gasteiger partial charge < -0.3 is 4.80 Å². The van der Waals surface area contributed by atoms with Crippen LogP contribution in [-0.2, 0) is 0 Å². The van der Waals surface area contributed by atoms with Crippen molar-refractivity contribution in [1.82, 2.24) is 0 Å². The molecule has 2 heteroatoms. The topological polar surface area (TPSA) is 20.2 Å². The van der Waals surface area contributed by atoms with Gasteiger partial charge in [0.2, 0.25) is 0 Å². The van der Waals surface area contributed by atoms with Crippen LogP contribution in [0.25, 0.3) is 0 Å². The molecule has 0 radical (unpaired) electrons. The lowest BCUT2D eigenvalue weighted by Gasteiger charge is -2.33. The van der Waals surface area contributed by atoms with Gasteiger partial charge in [0, 0.05) is 0 Å². The van der Waals surface area contributed by atoms with Gasteiger partial charge in [-0.05, 0) is 17.1 Å². The average molecular weight is 244 g/mol. The fourth-order valence-electron chi connectivity index (χ4n) is 2.43. The van der Waals surface area contributed by atoms with Crippen LogP contribution in [0.2, 0.25) is 17.1 Å². The molecule has 0 aromatic heterocycles. The van der Waals surface area contributed by atoms with E-state index in [1.807, 2.05) is 0 Å². The Labute approximate surface area is 104 Å². The molecule has 0 spiro atoms. The smallest absolute Gasteiger partial charge is 0.193 e. The van der Waals surface area contributed by atoms with Gasteiger partial charge >= 0.3 is 0 Å². The number of rotatable bonds is 9. The second-order valence-corrected chi connectivity index (χ2v) is 10.6. The van der Waals surface area contributed by atoms with Crippen LogP contribution in [0.4, 0.5) is 0 Å². The minimum atomic E-state index is -1.97. The Morgan fingerprint density at radius 2 is 1.25 bits per heavy atom. The molecule has 0 atom stereocenters. The van der Waals surface area contributed by atoms with Gasteiger partial charge in [-0.25, -0.2) is 0 Å². The molecule has 0 bridgehead atoms. The van der Waals surface area contributed by atoms with E-state index in [0.29, 0.717) is 11.1 Å². The highest BCUT2D eigenvalue weighted by Crippen LogP contribution is 2.34. The summed E-state index contributed by atoms with van der Waals surface area (Å²) in [6, 6.07) is 1.11. The first-order chi connectivity index (χ1) is 7.45. The van der Waals surface area contributed by atoms with Crippen molar-refractivity contribution in [3.8, 4) is 0 Å². The maximum Gasteiger partial charge on any atom is 0.193 e. The van der Waals surface area contributed by atoms with Gasteiger partial charge in [-0.2, -0.15) is 0 Å². The van der Waals surface area contributed by atoms with Crippen LogP contribution in [0, 0.1) is 0 Å². The minimum Gasteiger partial charge on any atom is -0.431 e. The summed E-state index contributed by atoms with van der Waals surface area (Å²) in [5.41, 5.74) is 1.01. The van der Waals surface area contributed by atoms with Crippen LogP contribution in [0.5, 0.6) is 0 Å². The van der Waals surface area contributed by atoms with E-state index in [1.165, 1.54) is 38.5 Å². The van der Waals surface area contributed by atoms with E-state index >= 15 is 0 Å². The lowest BCUT2D eigenvalue weighted by atomic mass is 10.1. The molecule has 0 unspecified atom stereocenters. The van der Waals surface area contributed by atoms with Gasteiger partial charge in [0.25, 0.3) is 0 Å². The Kier molecular flexibility index (Phi) is 8.39. The van der Waals surface area contributed by atoms with Crippen molar-refractivity contribution in [2.75, 3.05) is 0 Å². The van der Waals surface area contributed by atoms with Crippen molar-refractivity contribution in [2.24, 2.45) is 0 Å². The zero-order valence-electron chi connectivity index (χ0n) is 12.1. The largest absolute Gasteiger partial charge is 0.431 e. The Morgan fingerprint density at radius 1 is 0.812 bits per heavy atom. The molecule has 0 aliphatic heterocycles. The van der Waals surface area contributed by atoms with Crippen LogP contribution in [0.15, 0.2) is 0 Å². The molecular weight excluding hydrogens is 212 g/mol. The first-order valence-electron chi connectivity index (χ1n) is 7.17. The second kappa shape index (κ2) is 8.29. The molecular formula is C14H32OSi. The lowest BCUT2D eigenvalue weighted by Crippen LogP contribution is -2.41. The van der Waals surface area contributed by atoms with Gasteiger partial charge in [-0.1, -0.05) is 73.1 Å². The number of unbranched alkanes of at least 4 members (excludes halogenated alkanes) is 5. The minimum absolute atomic E-state index is 0.503. The molecule has 0 amide bonds. The molecule has 0 rings (SSSR count). The Morgan fingerprint density at radius 3 is 1.69 bits per heavy atom. The van der Waals surface area contributed by atoms with Crippen LogP contribution < -0.4 is 0 Å². The molecule has 0 saturated heterocycles. The van der Waals surface area contributed by atoms with Gasteiger partial charge in [0.1, 0.15) is 0 Å². The van der Waals surface area contributed by atoms with Crippen LogP contribution in [0.1, 0.15) is 73.1 Å². The monoisotopic (exact) mass is 244 g/mol. The Balaban J connectivity index is 3.78. The summed E-state index contributed by atoms with van der Waals surface area (Å²) < 4.78 is 0. The summed E-state index contributed by atoms with van der Waals surface area (Å²) in [6.45, 7) is 11.0. The predicted octanol–water partition coefficient (Wildman–Crippen LogP) is 5.10. The lowest BCUT2D eigenvalue weighted by molar-refractivity contribution is 0.481. The van der Waals surface area contributed by atoms with Crippen LogP contribution in [-0.4, -0.2) is 13.1 Å². The summed E-state index contributed by atoms with van der Waals surface area (Å²) in [7, 11) is -1.97. The highest BCUT2D eigenvalue weighted by atomic mass is 28.4. The molecule has 0 fully saturated rings. The molecule has 1 nitrogen and oxygen atoms in total. The first kappa shape index (κ1) is 16.2.